The molecule has 3 rings (SSSR count). The largest absolute Gasteiger partial charge is 0.490 e. The molecule has 0 spiro atoms. The summed E-state index contributed by atoms with van der Waals surface area (Å²) >= 11 is 0. The maximum atomic E-state index is 12.2. The average molecular weight is 381 g/mol. The molecule has 0 aliphatic carbocycles. The fourth-order valence-electron chi connectivity index (χ4n) is 2.66. The Morgan fingerprint density at radius 2 is 1.71 bits per heavy atom. The second kappa shape index (κ2) is 9.08. The monoisotopic (exact) mass is 381 g/mol. The summed E-state index contributed by atoms with van der Waals surface area (Å²) in [6.07, 6.45) is 0. The molecule has 6 nitrogen and oxygen atoms in total. The van der Waals surface area contributed by atoms with Crippen LogP contribution in [0, 0.1) is 20.8 Å². The predicted octanol–water partition coefficient (Wildman–Crippen LogP) is 4.41. The standard InChI is InChI=1S/C22H23NO5/c1-15-6-4-8-19(12-15)25-10-11-26-22(24)18-7-5-9-20(13-18)27-14-21-16(2)23-28-17(21)3/h4-9,12-13H,10-11,14H2,1-3H3. The number of carbonyl (C=O) groups is 1. The normalized spacial score (nSPS) is 10.5. The Hall–Kier alpha value is -3.28. The Morgan fingerprint density at radius 1 is 0.964 bits per heavy atom. The summed E-state index contributed by atoms with van der Waals surface area (Å²) in [7, 11) is 0. The van der Waals surface area contributed by atoms with E-state index in [1.165, 1.54) is 0 Å². The number of benzene rings is 2. The Morgan fingerprint density at radius 3 is 2.43 bits per heavy atom. The molecule has 6 heteroatoms. The molecule has 0 unspecified atom stereocenters. The van der Waals surface area contributed by atoms with Gasteiger partial charge in [0.15, 0.2) is 0 Å². The third kappa shape index (κ3) is 5.13. The zero-order valence-electron chi connectivity index (χ0n) is 16.2. The van der Waals surface area contributed by atoms with Crippen molar-refractivity contribution < 1.29 is 23.5 Å². The fraction of sp³-hybridized carbons (Fsp3) is 0.273. The van der Waals surface area contributed by atoms with Crippen molar-refractivity contribution in [1.82, 2.24) is 5.16 Å². The minimum absolute atomic E-state index is 0.164. The summed E-state index contributed by atoms with van der Waals surface area (Å²) in [5.74, 6) is 1.63. The molecule has 0 saturated carbocycles. The third-order valence-corrected chi connectivity index (χ3v) is 4.21. The zero-order chi connectivity index (χ0) is 19.9. The van der Waals surface area contributed by atoms with Crippen LogP contribution < -0.4 is 9.47 Å². The molecule has 1 heterocycles. The number of hydrogen-bond acceptors (Lipinski definition) is 6. The van der Waals surface area contributed by atoms with Gasteiger partial charge in [0, 0.05) is 0 Å². The summed E-state index contributed by atoms with van der Waals surface area (Å²) in [5.41, 5.74) is 3.23. The first kappa shape index (κ1) is 19.5. The van der Waals surface area contributed by atoms with Gasteiger partial charge in [-0.25, -0.2) is 4.79 Å². The first-order chi connectivity index (χ1) is 13.5. The van der Waals surface area contributed by atoms with Crippen LogP contribution in [0.3, 0.4) is 0 Å². The second-order valence-electron chi connectivity index (χ2n) is 6.42. The Kier molecular flexibility index (Phi) is 6.32. The molecule has 1 aromatic heterocycles. The first-order valence-corrected chi connectivity index (χ1v) is 9.04. The number of rotatable bonds is 8. The Bertz CT molecular complexity index is 928. The van der Waals surface area contributed by atoms with Crippen LogP contribution in [0.25, 0.3) is 0 Å². The number of hydrogen-bond donors (Lipinski definition) is 0. The highest BCUT2D eigenvalue weighted by Gasteiger charge is 2.12. The van der Waals surface area contributed by atoms with Crippen molar-refractivity contribution in [2.75, 3.05) is 13.2 Å². The van der Waals surface area contributed by atoms with Crippen molar-refractivity contribution in [1.29, 1.82) is 0 Å². The SMILES string of the molecule is Cc1cccc(OCCOC(=O)c2cccc(OCc3c(C)noc3C)c2)c1. The van der Waals surface area contributed by atoms with E-state index in [4.69, 9.17) is 18.7 Å². The lowest BCUT2D eigenvalue weighted by Gasteiger charge is -2.09. The maximum absolute atomic E-state index is 12.2. The molecular weight excluding hydrogens is 358 g/mol. The van der Waals surface area contributed by atoms with Crippen molar-refractivity contribution in [3.8, 4) is 11.5 Å². The molecule has 0 saturated heterocycles. The number of nitrogens with zero attached hydrogens (tertiary/aromatic N) is 1. The fourth-order valence-corrected chi connectivity index (χ4v) is 2.66. The van der Waals surface area contributed by atoms with Gasteiger partial charge in [-0.3, -0.25) is 0 Å². The van der Waals surface area contributed by atoms with Crippen molar-refractivity contribution in [3.63, 3.8) is 0 Å². The minimum Gasteiger partial charge on any atom is -0.490 e. The van der Waals surface area contributed by atoms with Crippen molar-refractivity contribution in [3.05, 3.63) is 76.7 Å². The van der Waals surface area contributed by atoms with Crippen LogP contribution in [0.5, 0.6) is 11.5 Å². The number of esters is 1. The van der Waals surface area contributed by atoms with Crippen LogP contribution in [0.4, 0.5) is 0 Å². The number of ether oxygens (including phenoxy) is 3. The van der Waals surface area contributed by atoms with Gasteiger partial charge in [-0.05, 0) is 56.7 Å². The quantitative estimate of drug-likeness (QED) is 0.425. The molecular formula is C22H23NO5. The molecule has 0 fully saturated rings. The Balaban J connectivity index is 1.49. The molecule has 0 radical (unpaired) electrons. The van der Waals surface area contributed by atoms with E-state index in [9.17, 15) is 4.79 Å². The van der Waals surface area contributed by atoms with Gasteiger partial charge in [-0.1, -0.05) is 23.4 Å². The van der Waals surface area contributed by atoms with Gasteiger partial charge in [0.2, 0.25) is 0 Å². The van der Waals surface area contributed by atoms with Gasteiger partial charge in [0.05, 0.1) is 16.8 Å². The third-order valence-electron chi connectivity index (χ3n) is 4.21. The van der Waals surface area contributed by atoms with Gasteiger partial charge in [0.1, 0.15) is 37.1 Å². The zero-order valence-corrected chi connectivity index (χ0v) is 16.2. The topological polar surface area (TPSA) is 70.8 Å². The first-order valence-electron chi connectivity index (χ1n) is 9.04. The van der Waals surface area contributed by atoms with Crippen LogP contribution in [0.15, 0.2) is 53.1 Å². The number of aryl methyl sites for hydroxylation is 3. The second-order valence-corrected chi connectivity index (χ2v) is 6.42. The van der Waals surface area contributed by atoms with E-state index in [1.807, 2.05) is 45.0 Å². The summed E-state index contributed by atoms with van der Waals surface area (Å²) in [6.45, 7) is 6.47. The van der Waals surface area contributed by atoms with Crippen LogP contribution in [-0.4, -0.2) is 24.3 Å². The summed E-state index contributed by atoms with van der Waals surface area (Å²) < 4.78 is 21.7. The summed E-state index contributed by atoms with van der Waals surface area (Å²) in [4.78, 5) is 12.2. The molecule has 0 bridgehead atoms. The highest BCUT2D eigenvalue weighted by molar-refractivity contribution is 5.89. The molecule has 3 aromatic rings. The van der Waals surface area contributed by atoms with Crippen LogP contribution in [-0.2, 0) is 11.3 Å². The number of carbonyl (C=O) groups excluding carboxylic acids is 1. The number of aromatic nitrogens is 1. The summed E-state index contributed by atoms with van der Waals surface area (Å²) in [5, 5.41) is 3.90. The van der Waals surface area contributed by atoms with Gasteiger partial charge < -0.3 is 18.7 Å². The molecule has 0 aliphatic heterocycles. The van der Waals surface area contributed by atoms with Crippen LogP contribution in [0.1, 0.15) is 32.9 Å². The lowest BCUT2D eigenvalue weighted by molar-refractivity contribution is 0.0450. The van der Waals surface area contributed by atoms with Crippen molar-refractivity contribution in [2.24, 2.45) is 0 Å². The predicted molar refractivity (Wildman–Crippen MR) is 104 cm³/mol. The lowest BCUT2D eigenvalue weighted by atomic mass is 10.2. The Labute approximate surface area is 164 Å². The maximum Gasteiger partial charge on any atom is 0.338 e. The highest BCUT2D eigenvalue weighted by Crippen LogP contribution is 2.19. The molecule has 28 heavy (non-hydrogen) atoms. The molecule has 0 aliphatic rings. The van der Waals surface area contributed by atoms with Gasteiger partial charge in [0.25, 0.3) is 0 Å². The van der Waals surface area contributed by atoms with Crippen LogP contribution in [0.2, 0.25) is 0 Å². The van der Waals surface area contributed by atoms with Gasteiger partial charge in [-0.2, -0.15) is 0 Å². The molecule has 2 aromatic carbocycles. The van der Waals surface area contributed by atoms with E-state index in [2.05, 4.69) is 5.16 Å². The van der Waals surface area contributed by atoms with E-state index >= 15 is 0 Å². The molecule has 0 amide bonds. The van der Waals surface area contributed by atoms with E-state index in [-0.39, 0.29) is 13.2 Å². The van der Waals surface area contributed by atoms with Crippen molar-refractivity contribution in [2.45, 2.75) is 27.4 Å². The molecule has 146 valence electrons. The van der Waals surface area contributed by atoms with Crippen molar-refractivity contribution >= 4 is 5.97 Å². The summed E-state index contributed by atoms with van der Waals surface area (Å²) in [6, 6.07) is 14.6. The lowest BCUT2D eigenvalue weighted by Crippen LogP contribution is -2.12. The van der Waals surface area contributed by atoms with Crippen LogP contribution >= 0.6 is 0 Å². The van der Waals surface area contributed by atoms with Gasteiger partial charge >= 0.3 is 5.97 Å². The van der Waals surface area contributed by atoms with E-state index in [0.29, 0.717) is 17.9 Å². The minimum atomic E-state index is -0.421. The molecule has 0 N–H and O–H groups in total. The average Bonchev–Trinajstić information content (AvgIpc) is 3.01. The van der Waals surface area contributed by atoms with E-state index in [1.54, 1.807) is 24.3 Å². The van der Waals surface area contributed by atoms with Gasteiger partial charge in [-0.15, -0.1) is 0 Å². The molecule has 0 atom stereocenters. The van der Waals surface area contributed by atoms with E-state index < -0.39 is 5.97 Å². The smallest absolute Gasteiger partial charge is 0.338 e. The van der Waals surface area contributed by atoms with E-state index in [0.717, 1.165) is 28.3 Å². The highest BCUT2D eigenvalue weighted by atomic mass is 16.6.